The Morgan fingerprint density at radius 3 is 2.59 bits per heavy atom. The van der Waals surface area contributed by atoms with E-state index in [1.165, 1.54) is 18.2 Å². The molecule has 7 nitrogen and oxygen atoms in total. The quantitative estimate of drug-likeness (QED) is 0.341. The van der Waals surface area contributed by atoms with Gasteiger partial charge < -0.3 is 10.2 Å². The average molecular weight is 405 g/mol. The Morgan fingerprint density at radius 1 is 1.30 bits per heavy atom. The molecule has 0 radical (unpaired) electrons. The highest BCUT2D eigenvalue weighted by molar-refractivity contribution is 6.44. The second-order valence-electron chi connectivity index (χ2n) is 5.63. The molecule has 0 saturated heterocycles. The molecule has 9 heteroatoms. The van der Waals surface area contributed by atoms with Gasteiger partial charge in [-0.15, -0.1) is 0 Å². The van der Waals surface area contributed by atoms with E-state index in [-0.39, 0.29) is 27.0 Å². The molecular weight excluding hydrogens is 391 g/mol. The van der Waals surface area contributed by atoms with Gasteiger partial charge in [0.2, 0.25) is 0 Å². The highest BCUT2D eigenvalue weighted by Gasteiger charge is 2.17. The number of benzene rings is 2. The Labute approximate surface area is 165 Å². The van der Waals surface area contributed by atoms with Crippen LogP contribution in [0.5, 0.6) is 0 Å². The van der Waals surface area contributed by atoms with Crippen molar-refractivity contribution in [1.82, 2.24) is 0 Å². The number of carbonyl (C=O) groups is 1. The van der Waals surface area contributed by atoms with Crippen molar-refractivity contribution in [2.45, 2.75) is 0 Å². The number of anilines is 2. The predicted molar refractivity (Wildman–Crippen MR) is 106 cm³/mol. The van der Waals surface area contributed by atoms with Gasteiger partial charge in [-0.2, -0.15) is 5.26 Å². The topological polar surface area (TPSA) is 99.3 Å². The second-order valence-corrected chi connectivity index (χ2v) is 6.41. The van der Waals surface area contributed by atoms with Crippen LogP contribution in [0.1, 0.15) is 5.56 Å². The number of halogens is 2. The van der Waals surface area contributed by atoms with Crippen LogP contribution in [0.25, 0.3) is 6.08 Å². The molecule has 0 saturated carbocycles. The van der Waals surface area contributed by atoms with Gasteiger partial charge in [-0.05, 0) is 29.8 Å². The van der Waals surface area contributed by atoms with Crippen molar-refractivity contribution >= 4 is 52.2 Å². The molecule has 27 heavy (non-hydrogen) atoms. The number of nitro groups is 1. The van der Waals surface area contributed by atoms with Gasteiger partial charge in [0.25, 0.3) is 11.6 Å². The lowest BCUT2D eigenvalue weighted by atomic mass is 10.1. The van der Waals surface area contributed by atoms with E-state index in [1.807, 2.05) is 0 Å². The maximum atomic E-state index is 12.4. The molecular formula is C18H14Cl2N4O3. The zero-order valence-corrected chi connectivity index (χ0v) is 15.9. The Hall–Kier alpha value is -3.08. The van der Waals surface area contributed by atoms with Crippen LogP contribution >= 0.6 is 23.2 Å². The van der Waals surface area contributed by atoms with Gasteiger partial charge in [0.1, 0.15) is 17.3 Å². The van der Waals surface area contributed by atoms with Crippen LogP contribution < -0.4 is 10.2 Å². The third kappa shape index (κ3) is 4.76. The van der Waals surface area contributed by atoms with E-state index in [0.717, 1.165) is 0 Å². The molecule has 0 fully saturated rings. The molecule has 2 aromatic rings. The molecule has 1 N–H and O–H groups in total. The fraction of sp³-hybridized carbons (Fsp3) is 0.111. The zero-order valence-electron chi connectivity index (χ0n) is 14.4. The minimum absolute atomic E-state index is 0.135. The summed E-state index contributed by atoms with van der Waals surface area (Å²) in [5.74, 6) is -0.707. The molecule has 0 aliphatic rings. The molecule has 0 spiro atoms. The van der Waals surface area contributed by atoms with Crippen LogP contribution in [-0.2, 0) is 4.79 Å². The summed E-state index contributed by atoms with van der Waals surface area (Å²) in [5, 5.41) is 23.5. The predicted octanol–water partition coefficient (Wildman–Crippen LogP) is 4.51. The van der Waals surface area contributed by atoms with Gasteiger partial charge in [0, 0.05) is 20.2 Å². The lowest BCUT2D eigenvalue weighted by molar-refractivity contribution is -0.384. The van der Waals surface area contributed by atoms with Gasteiger partial charge in [-0.3, -0.25) is 14.9 Å². The maximum absolute atomic E-state index is 12.4. The second kappa shape index (κ2) is 8.54. The van der Waals surface area contributed by atoms with Crippen LogP contribution in [0.2, 0.25) is 10.0 Å². The Balaban J connectivity index is 2.37. The molecule has 2 rings (SSSR count). The standard InChI is InChI=1S/C18H14Cl2N4O3/c1-23(2)15-7-6-11(9-16(15)24(26)27)8-12(10-21)18(25)22-14-5-3-4-13(19)17(14)20/h3-9H,1-2H3,(H,22,25)/b12-8+. The number of nitrogens with one attached hydrogen (secondary N) is 1. The number of amides is 1. The molecule has 0 heterocycles. The number of hydrogen-bond acceptors (Lipinski definition) is 5. The lowest BCUT2D eigenvalue weighted by Crippen LogP contribution is -2.14. The number of carbonyl (C=O) groups excluding carboxylic acids is 1. The molecule has 0 aliphatic heterocycles. The third-order valence-corrected chi connectivity index (χ3v) is 4.37. The summed E-state index contributed by atoms with van der Waals surface area (Å²) in [6.45, 7) is 0. The van der Waals surface area contributed by atoms with Gasteiger partial charge in [-0.25, -0.2) is 0 Å². The lowest BCUT2D eigenvalue weighted by Gasteiger charge is -2.12. The first-order valence-corrected chi connectivity index (χ1v) is 8.33. The van der Waals surface area contributed by atoms with E-state index in [0.29, 0.717) is 11.3 Å². The van der Waals surface area contributed by atoms with Crippen LogP contribution in [0, 0.1) is 21.4 Å². The van der Waals surface area contributed by atoms with E-state index in [2.05, 4.69) is 5.32 Å². The van der Waals surface area contributed by atoms with Crippen LogP contribution in [0.4, 0.5) is 17.1 Å². The number of rotatable bonds is 5. The van der Waals surface area contributed by atoms with E-state index in [1.54, 1.807) is 49.3 Å². The van der Waals surface area contributed by atoms with Crippen molar-refractivity contribution < 1.29 is 9.72 Å². The summed E-state index contributed by atoms with van der Waals surface area (Å²) in [7, 11) is 3.36. The highest BCUT2D eigenvalue weighted by Crippen LogP contribution is 2.31. The first-order chi connectivity index (χ1) is 12.7. The fourth-order valence-corrected chi connectivity index (χ4v) is 2.61. The fourth-order valence-electron chi connectivity index (χ4n) is 2.26. The number of nitro benzene ring substituents is 1. The number of hydrogen-bond donors (Lipinski definition) is 1. The average Bonchev–Trinajstić information content (AvgIpc) is 2.63. The summed E-state index contributed by atoms with van der Waals surface area (Å²) in [6.07, 6.45) is 1.26. The summed E-state index contributed by atoms with van der Waals surface area (Å²) in [6, 6.07) is 10.9. The largest absolute Gasteiger partial charge is 0.372 e. The SMILES string of the molecule is CN(C)c1ccc(/C=C(\C#N)C(=O)Nc2cccc(Cl)c2Cl)cc1[N+](=O)[O-]. The molecule has 2 aromatic carbocycles. The Morgan fingerprint density at radius 2 is 2.00 bits per heavy atom. The van der Waals surface area contributed by atoms with E-state index in [9.17, 15) is 20.2 Å². The van der Waals surface area contributed by atoms with Crippen molar-refractivity contribution in [2.24, 2.45) is 0 Å². The summed E-state index contributed by atoms with van der Waals surface area (Å²) >= 11 is 11.9. The van der Waals surface area contributed by atoms with E-state index >= 15 is 0 Å². The number of nitriles is 1. The molecule has 0 bridgehead atoms. The molecule has 1 amide bonds. The normalized spacial score (nSPS) is 10.9. The molecule has 0 aromatic heterocycles. The highest BCUT2D eigenvalue weighted by atomic mass is 35.5. The minimum Gasteiger partial charge on any atom is -0.372 e. The summed E-state index contributed by atoms with van der Waals surface area (Å²) in [4.78, 5) is 24.7. The van der Waals surface area contributed by atoms with Gasteiger partial charge in [-0.1, -0.05) is 35.3 Å². The summed E-state index contributed by atoms with van der Waals surface area (Å²) in [5.41, 5.74) is 0.633. The zero-order chi connectivity index (χ0) is 20.1. The Bertz CT molecular complexity index is 981. The molecule has 138 valence electrons. The van der Waals surface area contributed by atoms with Crippen LogP contribution in [0.15, 0.2) is 42.0 Å². The van der Waals surface area contributed by atoms with Crippen molar-refractivity contribution in [3.63, 3.8) is 0 Å². The Kier molecular flexibility index (Phi) is 6.40. The van der Waals surface area contributed by atoms with Crippen molar-refractivity contribution in [1.29, 1.82) is 5.26 Å². The van der Waals surface area contributed by atoms with Gasteiger partial charge in [0.15, 0.2) is 0 Å². The number of nitrogens with zero attached hydrogens (tertiary/aromatic N) is 3. The monoisotopic (exact) mass is 404 g/mol. The van der Waals surface area contributed by atoms with Crippen LogP contribution in [-0.4, -0.2) is 24.9 Å². The van der Waals surface area contributed by atoms with Gasteiger partial charge in [0.05, 0.1) is 20.7 Å². The van der Waals surface area contributed by atoms with Gasteiger partial charge >= 0.3 is 0 Å². The molecule has 0 unspecified atom stereocenters. The van der Waals surface area contributed by atoms with E-state index in [4.69, 9.17) is 23.2 Å². The maximum Gasteiger partial charge on any atom is 0.293 e. The first-order valence-electron chi connectivity index (χ1n) is 7.57. The smallest absolute Gasteiger partial charge is 0.293 e. The van der Waals surface area contributed by atoms with Crippen LogP contribution in [0.3, 0.4) is 0 Å². The first kappa shape index (κ1) is 20.2. The van der Waals surface area contributed by atoms with Crippen molar-refractivity contribution in [2.75, 3.05) is 24.3 Å². The van der Waals surface area contributed by atoms with E-state index < -0.39 is 10.8 Å². The van der Waals surface area contributed by atoms with Crippen molar-refractivity contribution in [3.05, 3.63) is 67.7 Å². The van der Waals surface area contributed by atoms with Crippen molar-refractivity contribution in [3.8, 4) is 6.07 Å². The third-order valence-electron chi connectivity index (χ3n) is 3.55. The molecule has 0 atom stereocenters. The molecule has 0 aliphatic carbocycles. The minimum atomic E-state index is -0.707. The summed E-state index contributed by atoms with van der Waals surface area (Å²) < 4.78 is 0.